The Morgan fingerprint density at radius 3 is 2.29 bits per heavy atom. The molecule has 0 amide bonds. The first-order valence-electron chi connectivity index (χ1n) is 18.4. The van der Waals surface area contributed by atoms with Gasteiger partial charge in [0.25, 0.3) is 0 Å². The monoisotopic (exact) mass is 693 g/mol. The van der Waals surface area contributed by atoms with Crippen molar-refractivity contribution in [3.05, 3.63) is 68.4 Å². The lowest BCUT2D eigenvalue weighted by Crippen LogP contribution is -2.57. The molecule has 6 nitrogen and oxygen atoms in total. The van der Waals surface area contributed by atoms with Crippen LogP contribution in [0.25, 0.3) is 0 Å². The number of hydrogen-bond acceptors (Lipinski definition) is 6. The van der Waals surface area contributed by atoms with Crippen molar-refractivity contribution in [2.45, 2.75) is 122 Å². The van der Waals surface area contributed by atoms with E-state index in [4.69, 9.17) is 0 Å². The van der Waals surface area contributed by atoms with Crippen LogP contribution in [0, 0.1) is 35.5 Å². The molecule has 1 aromatic carbocycles. The van der Waals surface area contributed by atoms with E-state index in [-0.39, 0.29) is 23.7 Å². The number of carbonyl (C=O) groups excluding carboxylic acids is 1. The number of thiophene rings is 1. The summed E-state index contributed by atoms with van der Waals surface area (Å²) in [6.07, 6.45) is 14.8. The average Bonchev–Trinajstić information content (AvgIpc) is 3.54. The second-order valence-electron chi connectivity index (χ2n) is 17.1. The van der Waals surface area contributed by atoms with Crippen LogP contribution in [0.4, 0.5) is 0 Å². The van der Waals surface area contributed by atoms with Gasteiger partial charge in [0.05, 0.1) is 22.8 Å². The van der Waals surface area contributed by atoms with Gasteiger partial charge in [0.15, 0.2) is 0 Å². The van der Waals surface area contributed by atoms with Gasteiger partial charge >= 0.3 is 0 Å². The van der Waals surface area contributed by atoms with Gasteiger partial charge < -0.3 is 10.2 Å². The molecule has 0 radical (unpaired) electrons. The standard InChI is InChI=1S/C40H55NO5S2/c1-26-6-5-14-38(3)35(33-11-9-28(19-32(42)10-7-26)20-34(33)37(43)36-12-8-27(2)47-36)13-15-40(38,44)25-41(48(4,45)46)24-39-21-29-16-30(22-39)18-31(17-29)23-39/h6,8-9,11-12,20,29-32,35,42,44H,5,7,10,13-19,21-25H2,1-4H3/t29?,30?,31?,32-,35-,38-,39?,40+/m0/s1. The number of rotatable bonds is 7. The van der Waals surface area contributed by atoms with E-state index >= 15 is 0 Å². The van der Waals surface area contributed by atoms with Gasteiger partial charge in [-0.15, -0.1) is 11.3 Å². The minimum atomic E-state index is -3.58. The third kappa shape index (κ3) is 6.54. The number of fused-ring (bicyclic) bond motifs is 8. The van der Waals surface area contributed by atoms with Gasteiger partial charge in [-0.3, -0.25) is 4.79 Å². The molecule has 4 atom stereocenters. The highest BCUT2D eigenvalue weighted by atomic mass is 32.2. The smallest absolute Gasteiger partial charge is 0.211 e. The van der Waals surface area contributed by atoms with Crippen molar-refractivity contribution in [1.82, 2.24) is 4.31 Å². The molecule has 2 aromatic rings. The van der Waals surface area contributed by atoms with Crippen molar-refractivity contribution in [1.29, 1.82) is 0 Å². The van der Waals surface area contributed by atoms with Crippen molar-refractivity contribution in [3.8, 4) is 0 Å². The highest BCUT2D eigenvalue weighted by molar-refractivity contribution is 7.88. The minimum Gasteiger partial charge on any atom is -0.393 e. The van der Waals surface area contributed by atoms with Crippen LogP contribution < -0.4 is 0 Å². The predicted octanol–water partition coefficient (Wildman–Crippen LogP) is 7.80. The molecule has 9 rings (SSSR count). The molecule has 7 aliphatic rings. The molecule has 48 heavy (non-hydrogen) atoms. The molecular formula is C40H55NO5S2. The van der Waals surface area contributed by atoms with Crippen molar-refractivity contribution >= 4 is 27.1 Å². The molecule has 1 heterocycles. The summed E-state index contributed by atoms with van der Waals surface area (Å²) in [7, 11) is -3.58. The lowest BCUT2D eigenvalue weighted by Gasteiger charge is -2.58. The van der Waals surface area contributed by atoms with E-state index in [0.29, 0.717) is 49.1 Å². The minimum absolute atomic E-state index is 0.0142. The van der Waals surface area contributed by atoms with Crippen molar-refractivity contribution < 1.29 is 23.4 Å². The van der Waals surface area contributed by atoms with E-state index in [9.17, 15) is 23.4 Å². The van der Waals surface area contributed by atoms with E-state index in [0.717, 1.165) is 65.9 Å². The summed E-state index contributed by atoms with van der Waals surface area (Å²) in [6, 6.07) is 9.99. The Balaban J connectivity index is 1.27. The maximum absolute atomic E-state index is 14.2. The van der Waals surface area contributed by atoms with Gasteiger partial charge in [-0.2, -0.15) is 4.31 Å². The molecular weight excluding hydrogens is 639 g/mol. The first kappa shape index (κ1) is 34.6. The topological polar surface area (TPSA) is 94.9 Å². The number of benzene rings is 1. The van der Waals surface area contributed by atoms with E-state index in [2.05, 4.69) is 32.1 Å². The van der Waals surface area contributed by atoms with Crippen molar-refractivity contribution in [3.63, 3.8) is 0 Å². The van der Waals surface area contributed by atoms with Crippen LogP contribution in [0.2, 0.25) is 0 Å². The number of nitrogens with zero attached hydrogens (tertiary/aromatic N) is 1. The number of aryl methyl sites for hydroxylation is 1. The molecule has 262 valence electrons. The second-order valence-corrected chi connectivity index (χ2v) is 20.4. The Morgan fingerprint density at radius 1 is 0.979 bits per heavy atom. The Kier molecular flexibility index (Phi) is 9.18. The van der Waals surface area contributed by atoms with Gasteiger partial charge in [0, 0.05) is 28.9 Å². The number of aliphatic hydroxyl groups excluding tert-OH is 1. The van der Waals surface area contributed by atoms with Gasteiger partial charge in [-0.25, -0.2) is 8.42 Å². The summed E-state index contributed by atoms with van der Waals surface area (Å²) in [5.74, 6) is 2.02. The first-order chi connectivity index (χ1) is 22.7. The van der Waals surface area contributed by atoms with E-state index in [1.165, 1.54) is 42.4 Å². The molecule has 0 aliphatic heterocycles. The largest absolute Gasteiger partial charge is 0.393 e. The highest BCUT2D eigenvalue weighted by Crippen LogP contribution is 2.62. The molecule has 6 bridgehead atoms. The summed E-state index contributed by atoms with van der Waals surface area (Å²) in [6.45, 7) is 6.89. The van der Waals surface area contributed by atoms with Crippen molar-refractivity contribution in [2.24, 2.45) is 28.6 Å². The molecule has 0 saturated heterocycles. The van der Waals surface area contributed by atoms with Crippen LogP contribution in [-0.4, -0.2) is 59.8 Å². The molecule has 8 heteroatoms. The maximum atomic E-state index is 14.2. The Morgan fingerprint density at radius 2 is 1.67 bits per heavy atom. The number of sulfonamides is 1. The zero-order valence-corrected chi connectivity index (χ0v) is 31.0. The molecule has 5 saturated carbocycles. The van der Waals surface area contributed by atoms with Gasteiger partial charge in [-0.1, -0.05) is 30.7 Å². The fourth-order valence-corrected chi connectivity index (χ4v) is 13.1. The predicted molar refractivity (Wildman–Crippen MR) is 193 cm³/mol. The van der Waals surface area contributed by atoms with Crippen LogP contribution in [0.15, 0.2) is 42.0 Å². The van der Waals surface area contributed by atoms with Gasteiger partial charge in [0.1, 0.15) is 0 Å². The quantitative estimate of drug-likeness (QED) is 0.228. The molecule has 2 N–H and O–H groups in total. The first-order valence-corrected chi connectivity index (χ1v) is 21.1. The fraction of sp³-hybridized carbons (Fsp3) is 0.675. The average molecular weight is 694 g/mol. The molecule has 0 spiro atoms. The summed E-state index contributed by atoms with van der Waals surface area (Å²) in [5.41, 5.74) is 1.86. The van der Waals surface area contributed by atoms with Gasteiger partial charge in [-0.05, 0) is 156 Å². The zero-order chi connectivity index (χ0) is 34.1. The summed E-state index contributed by atoms with van der Waals surface area (Å²) < 4.78 is 28.9. The summed E-state index contributed by atoms with van der Waals surface area (Å²) in [5, 5.41) is 23.9. The number of aliphatic hydroxyl groups is 2. The number of ketones is 1. The number of allylic oxidation sites excluding steroid dienone is 2. The number of carbonyl (C=O) groups is 1. The van der Waals surface area contributed by atoms with Crippen LogP contribution in [-0.2, 0) is 16.4 Å². The lowest BCUT2D eigenvalue weighted by atomic mass is 9.49. The summed E-state index contributed by atoms with van der Waals surface area (Å²) in [4.78, 5) is 16.0. The van der Waals surface area contributed by atoms with Crippen LogP contribution in [0.5, 0.6) is 0 Å². The molecule has 1 aromatic heterocycles. The SMILES string of the molecule is CC1=CCC[C@@]2(C)[C@@H](CC[C@@]2(O)CN(CC23CC4CC(CC(C4)C2)C3)S(C)(=O)=O)c2ccc(cc2C(=O)c2ccc(C)s2)C[C@@H](O)CC1. The van der Waals surface area contributed by atoms with E-state index < -0.39 is 27.1 Å². The Hall–Kier alpha value is -1.84. The summed E-state index contributed by atoms with van der Waals surface area (Å²) >= 11 is 1.50. The molecule has 7 aliphatic carbocycles. The Bertz CT molecular complexity index is 1660. The normalized spacial score (nSPS) is 36.6. The third-order valence-corrected chi connectivity index (χ3v) is 15.7. The zero-order valence-electron chi connectivity index (χ0n) is 29.3. The molecule has 0 unspecified atom stereocenters. The van der Waals surface area contributed by atoms with Crippen LogP contribution >= 0.6 is 11.3 Å². The van der Waals surface area contributed by atoms with Crippen molar-refractivity contribution in [2.75, 3.05) is 19.3 Å². The van der Waals surface area contributed by atoms with E-state index in [1.54, 1.807) is 4.31 Å². The lowest BCUT2D eigenvalue weighted by molar-refractivity contribution is -0.0919. The number of hydrogen-bond donors (Lipinski definition) is 2. The van der Waals surface area contributed by atoms with Crippen LogP contribution in [0.1, 0.15) is 128 Å². The second kappa shape index (κ2) is 12.7. The fourth-order valence-electron chi connectivity index (χ4n) is 11.3. The third-order valence-electron chi connectivity index (χ3n) is 13.5. The Labute approximate surface area is 292 Å². The maximum Gasteiger partial charge on any atom is 0.211 e. The van der Waals surface area contributed by atoms with E-state index in [1.807, 2.05) is 25.1 Å². The highest BCUT2D eigenvalue weighted by Gasteiger charge is 2.59. The molecule has 5 fully saturated rings. The van der Waals surface area contributed by atoms with Crippen LogP contribution in [0.3, 0.4) is 0 Å². The van der Waals surface area contributed by atoms with Gasteiger partial charge in [0.2, 0.25) is 15.8 Å².